The Morgan fingerprint density at radius 2 is 1.75 bits per heavy atom. The molecule has 4 rings (SSSR count). The Bertz CT molecular complexity index is 1290. The van der Waals surface area contributed by atoms with E-state index in [1.54, 1.807) is 18.2 Å². The number of carbonyl (C=O) groups is 1. The van der Waals surface area contributed by atoms with E-state index in [9.17, 15) is 18.0 Å². The molecule has 0 bridgehead atoms. The van der Waals surface area contributed by atoms with E-state index in [0.29, 0.717) is 11.3 Å². The van der Waals surface area contributed by atoms with Crippen LogP contribution in [0.15, 0.2) is 81.8 Å². The van der Waals surface area contributed by atoms with E-state index in [1.807, 2.05) is 24.3 Å². The number of hydrogen-bond donors (Lipinski definition) is 1. The molecule has 1 N–H and O–H groups in total. The van der Waals surface area contributed by atoms with Gasteiger partial charge in [-0.3, -0.25) is 4.79 Å². The van der Waals surface area contributed by atoms with E-state index in [2.05, 4.69) is 26.2 Å². The van der Waals surface area contributed by atoms with Crippen LogP contribution in [-0.2, 0) is 6.18 Å². The van der Waals surface area contributed by atoms with Crippen LogP contribution in [0.3, 0.4) is 0 Å². The number of carbonyl (C=O) groups excluding carboxylic acids is 1. The monoisotopic (exact) mass is 520 g/mol. The normalized spacial score (nSPS) is 11.4. The minimum absolute atomic E-state index is 0.0871. The van der Waals surface area contributed by atoms with E-state index in [4.69, 9.17) is 16.0 Å². The quantitative estimate of drug-likeness (QED) is 0.299. The Hall–Kier alpha value is -3.10. The van der Waals surface area contributed by atoms with Crippen LogP contribution in [0.5, 0.6) is 0 Å². The summed E-state index contributed by atoms with van der Waals surface area (Å²) in [6, 6.07) is 16.9. The van der Waals surface area contributed by atoms with Gasteiger partial charge in [0.05, 0.1) is 23.0 Å². The van der Waals surface area contributed by atoms with Crippen molar-refractivity contribution in [3.8, 4) is 22.8 Å². The van der Waals surface area contributed by atoms with Gasteiger partial charge in [0.15, 0.2) is 5.76 Å². The van der Waals surface area contributed by atoms with E-state index >= 15 is 0 Å². The summed E-state index contributed by atoms with van der Waals surface area (Å²) in [5.74, 6) is -0.0857. The Morgan fingerprint density at radius 1 is 1.03 bits per heavy atom. The Balaban J connectivity index is 1.67. The summed E-state index contributed by atoms with van der Waals surface area (Å²) in [5, 5.41) is 2.24. The number of nitrogens with one attached hydrogen (secondary N) is 1. The standard InChI is InChI=1S/C23H13BrClF3N2O2/c24-14-7-5-13(6-8-14)20-12-29-22(32-20)17-4-2-1-3-16(17)21(31)30-19-10-9-15(25)11-18(19)23(26,27)28/h1-12H,(H,30,31). The molecular formula is C23H13BrClF3N2O2. The first kappa shape index (κ1) is 22.1. The average Bonchev–Trinajstić information content (AvgIpc) is 3.25. The molecule has 3 aromatic carbocycles. The lowest BCUT2D eigenvalue weighted by Gasteiger charge is -2.15. The van der Waals surface area contributed by atoms with E-state index in [0.717, 1.165) is 22.2 Å². The molecule has 1 amide bonds. The molecule has 4 aromatic rings. The number of oxazole rings is 1. The van der Waals surface area contributed by atoms with Gasteiger partial charge in [0, 0.05) is 20.6 Å². The van der Waals surface area contributed by atoms with Gasteiger partial charge in [-0.15, -0.1) is 0 Å². The van der Waals surface area contributed by atoms with Crippen LogP contribution in [0.25, 0.3) is 22.8 Å². The first-order chi connectivity index (χ1) is 15.2. The lowest BCUT2D eigenvalue weighted by molar-refractivity contribution is -0.136. The number of amides is 1. The summed E-state index contributed by atoms with van der Waals surface area (Å²) in [7, 11) is 0. The summed E-state index contributed by atoms with van der Waals surface area (Å²) in [6.07, 6.45) is -3.16. The SMILES string of the molecule is O=C(Nc1ccc(Cl)cc1C(F)(F)F)c1ccccc1-c1ncc(-c2ccc(Br)cc2)o1. The van der Waals surface area contributed by atoms with E-state index in [-0.39, 0.29) is 16.5 Å². The number of aromatic nitrogens is 1. The van der Waals surface area contributed by atoms with Crippen molar-refractivity contribution in [1.82, 2.24) is 4.98 Å². The van der Waals surface area contributed by atoms with Gasteiger partial charge in [0.25, 0.3) is 5.91 Å². The second-order valence-corrected chi connectivity index (χ2v) is 8.08. The van der Waals surface area contributed by atoms with Gasteiger partial charge in [-0.25, -0.2) is 4.98 Å². The van der Waals surface area contributed by atoms with Gasteiger partial charge in [-0.2, -0.15) is 13.2 Å². The second kappa shape index (κ2) is 8.80. The molecule has 0 aliphatic heterocycles. The van der Waals surface area contributed by atoms with Crippen LogP contribution in [0.4, 0.5) is 18.9 Å². The fourth-order valence-corrected chi connectivity index (χ4v) is 3.50. The maximum absolute atomic E-state index is 13.4. The zero-order valence-corrected chi connectivity index (χ0v) is 18.4. The Kier molecular flexibility index (Phi) is 6.08. The number of alkyl halides is 3. The predicted octanol–water partition coefficient (Wildman–Crippen LogP) is 7.70. The van der Waals surface area contributed by atoms with Gasteiger partial charge in [-0.05, 0) is 42.5 Å². The highest BCUT2D eigenvalue weighted by Gasteiger charge is 2.34. The largest absolute Gasteiger partial charge is 0.436 e. The third-order valence-electron chi connectivity index (χ3n) is 4.57. The number of hydrogen-bond acceptors (Lipinski definition) is 3. The molecule has 0 fully saturated rings. The molecule has 0 atom stereocenters. The molecule has 0 radical (unpaired) electrons. The molecule has 9 heteroatoms. The van der Waals surface area contributed by atoms with E-state index < -0.39 is 23.3 Å². The lowest BCUT2D eigenvalue weighted by Crippen LogP contribution is -2.17. The van der Waals surface area contributed by atoms with Crippen LogP contribution in [0.1, 0.15) is 15.9 Å². The molecule has 0 aliphatic rings. The van der Waals surface area contributed by atoms with Gasteiger partial charge in [-0.1, -0.05) is 51.8 Å². The van der Waals surface area contributed by atoms with Gasteiger partial charge < -0.3 is 9.73 Å². The minimum Gasteiger partial charge on any atom is -0.436 e. The molecular weight excluding hydrogens is 509 g/mol. The molecule has 1 heterocycles. The molecule has 1 aromatic heterocycles. The summed E-state index contributed by atoms with van der Waals surface area (Å²) >= 11 is 9.07. The third kappa shape index (κ3) is 4.71. The number of rotatable bonds is 4. The smallest absolute Gasteiger partial charge is 0.418 e. The molecule has 162 valence electrons. The number of nitrogens with zero attached hydrogens (tertiary/aromatic N) is 1. The van der Waals surface area contributed by atoms with Crippen molar-refractivity contribution in [2.75, 3.05) is 5.32 Å². The predicted molar refractivity (Wildman–Crippen MR) is 119 cm³/mol. The van der Waals surface area contributed by atoms with Gasteiger partial charge in [0.1, 0.15) is 0 Å². The summed E-state index contributed by atoms with van der Waals surface area (Å²) < 4.78 is 46.9. The first-order valence-electron chi connectivity index (χ1n) is 9.21. The number of benzene rings is 3. The van der Waals surface area contributed by atoms with Crippen molar-refractivity contribution in [1.29, 1.82) is 0 Å². The zero-order valence-electron chi connectivity index (χ0n) is 16.1. The second-order valence-electron chi connectivity index (χ2n) is 6.72. The van der Waals surface area contributed by atoms with Crippen LogP contribution >= 0.6 is 27.5 Å². The highest BCUT2D eigenvalue weighted by molar-refractivity contribution is 9.10. The van der Waals surface area contributed by atoms with Crippen molar-refractivity contribution < 1.29 is 22.4 Å². The topological polar surface area (TPSA) is 55.1 Å². The van der Waals surface area contributed by atoms with Crippen molar-refractivity contribution in [3.63, 3.8) is 0 Å². The zero-order chi connectivity index (χ0) is 22.9. The molecule has 0 aliphatic carbocycles. The number of anilines is 1. The highest BCUT2D eigenvalue weighted by atomic mass is 79.9. The summed E-state index contributed by atoms with van der Waals surface area (Å²) in [6.45, 7) is 0. The maximum Gasteiger partial charge on any atom is 0.418 e. The van der Waals surface area contributed by atoms with Crippen molar-refractivity contribution in [2.45, 2.75) is 6.18 Å². The molecule has 0 unspecified atom stereocenters. The van der Waals surface area contributed by atoms with Gasteiger partial charge in [0.2, 0.25) is 5.89 Å². The maximum atomic E-state index is 13.4. The fraction of sp³-hybridized carbons (Fsp3) is 0.0435. The summed E-state index contributed by atoms with van der Waals surface area (Å²) in [5.41, 5.74) is -0.199. The lowest BCUT2D eigenvalue weighted by atomic mass is 10.1. The van der Waals surface area contributed by atoms with Crippen molar-refractivity contribution >= 4 is 39.1 Å². The minimum atomic E-state index is -4.69. The molecule has 32 heavy (non-hydrogen) atoms. The average molecular weight is 522 g/mol. The van der Waals surface area contributed by atoms with Crippen LogP contribution in [0, 0.1) is 0 Å². The van der Waals surface area contributed by atoms with Crippen molar-refractivity contribution in [2.24, 2.45) is 0 Å². The molecule has 0 saturated heterocycles. The van der Waals surface area contributed by atoms with Crippen molar-refractivity contribution in [3.05, 3.63) is 93.5 Å². The van der Waals surface area contributed by atoms with Crippen LogP contribution in [0.2, 0.25) is 5.02 Å². The van der Waals surface area contributed by atoms with Crippen LogP contribution in [-0.4, -0.2) is 10.9 Å². The molecule has 0 saturated carbocycles. The Morgan fingerprint density at radius 3 is 2.47 bits per heavy atom. The fourth-order valence-electron chi connectivity index (χ4n) is 3.06. The van der Waals surface area contributed by atoms with Gasteiger partial charge >= 0.3 is 6.18 Å². The third-order valence-corrected chi connectivity index (χ3v) is 5.34. The molecule has 0 spiro atoms. The van der Waals surface area contributed by atoms with E-state index in [1.165, 1.54) is 18.3 Å². The highest BCUT2D eigenvalue weighted by Crippen LogP contribution is 2.37. The Labute approximate surface area is 194 Å². The first-order valence-corrected chi connectivity index (χ1v) is 10.4. The summed E-state index contributed by atoms with van der Waals surface area (Å²) in [4.78, 5) is 17.1. The van der Waals surface area contributed by atoms with Crippen LogP contribution < -0.4 is 5.32 Å². The molecule has 4 nitrogen and oxygen atoms in total. The number of halogens is 5.